The van der Waals surface area contributed by atoms with E-state index in [1.54, 1.807) is 18.4 Å². The average molecular weight is 248 g/mol. The molecular weight excluding hydrogens is 232 g/mol. The lowest BCUT2D eigenvalue weighted by Gasteiger charge is -2.15. The fourth-order valence-corrected chi connectivity index (χ4v) is 2.41. The van der Waals surface area contributed by atoms with Gasteiger partial charge >= 0.3 is 0 Å². The Morgan fingerprint density at radius 2 is 2.12 bits per heavy atom. The summed E-state index contributed by atoms with van der Waals surface area (Å²) in [6.07, 6.45) is 2.77. The second kappa shape index (κ2) is 5.80. The molecule has 1 atom stereocenters. The van der Waals surface area contributed by atoms with Gasteiger partial charge in [0.05, 0.1) is 12.1 Å². The van der Waals surface area contributed by atoms with E-state index >= 15 is 0 Å². The van der Waals surface area contributed by atoms with E-state index in [1.165, 1.54) is 5.56 Å². The third-order valence-corrected chi connectivity index (χ3v) is 3.53. The second-order valence-corrected chi connectivity index (χ2v) is 4.72. The van der Waals surface area contributed by atoms with Crippen molar-refractivity contribution < 1.29 is 4.74 Å². The standard InChI is InChI=1S/C13H16N2OS/c1-14-12(9-13-15-7-8-17-13)10-3-5-11(16-2)6-4-10/h3-8,12,14H,9H2,1-2H3. The van der Waals surface area contributed by atoms with Gasteiger partial charge in [-0.2, -0.15) is 0 Å². The molecule has 90 valence electrons. The molecule has 2 aromatic rings. The third kappa shape index (κ3) is 3.05. The molecule has 0 saturated heterocycles. The summed E-state index contributed by atoms with van der Waals surface area (Å²) in [7, 11) is 3.66. The van der Waals surface area contributed by atoms with E-state index in [-0.39, 0.29) is 0 Å². The lowest BCUT2D eigenvalue weighted by molar-refractivity contribution is 0.414. The highest BCUT2D eigenvalue weighted by Gasteiger charge is 2.11. The third-order valence-electron chi connectivity index (χ3n) is 2.73. The van der Waals surface area contributed by atoms with E-state index in [1.807, 2.05) is 30.8 Å². The van der Waals surface area contributed by atoms with Crippen molar-refractivity contribution in [1.29, 1.82) is 0 Å². The number of thiazole rings is 1. The molecule has 1 N–H and O–H groups in total. The molecule has 0 amide bonds. The molecule has 0 aliphatic carbocycles. The van der Waals surface area contributed by atoms with Gasteiger partial charge in [0.15, 0.2) is 0 Å². The zero-order valence-electron chi connectivity index (χ0n) is 10.0. The number of benzene rings is 1. The topological polar surface area (TPSA) is 34.2 Å². The van der Waals surface area contributed by atoms with Crippen molar-refractivity contribution in [1.82, 2.24) is 10.3 Å². The first kappa shape index (κ1) is 12.1. The highest BCUT2D eigenvalue weighted by Crippen LogP contribution is 2.21. The smallest absolute Gasteiger partial charge is 0.118 e. The van der Waals surface area contributed by atoms with Crippen molar-refractivity contribution >= 4 is 11.3 Å². The van der Waals surface area contributed by atoms with E-state index in [0.29, 0.717) is 6.04 Å². The Morgan fingerprint density at radius 1 is 1.35 bits per heavy atom. The number of hydrogen-bond donors (Lipinski definition) is 1. The van der Waals surface area contributed by atoms with Crippen LogP contribution in [-0.2, 0) is 6.42 Å². The minimum Gasteiger partial charge on any atom is -0.497 e. The van der Waals surface area contributed by atoms with Crippen LogP contribution >= 0.6 is 11.3 Å². The summed E-state index contributed by atoms with van der Waals surface area (Å²) in [4.78, 5) is 4.32. The summed E-state index contributed by atoms with van der Waals surface area (Å²) in [6, 6.07) is 8.46. The molecule has 0 spiro atoms. The van der Waals surface area contributed by atoms with Crippen molar-refractivity contribution in [2.45, 2.75) is 12.5 Å². The number of ether oxygens (including phenoxy) is 1. The first-order chi connectivity index (χ1) is 8.33. The molecule has 0 bridgehead atoms. The van der Waals surface area contributed by atoms with Gasteiger partial charge in [0, 0.05) is 24.0 Å². The number of rotatable bonds is 5. The number of nitrogens with one attached hydrogen (secondary N) is 1. The van der Waals surface area contributed by atoms with Crippen molar-refractivity contribution in [2.24, 2.45) is 0 Å². The van der Waals surface area contributed by atoms with Gasteiger partial charge in [0.2, 0.25) is 0 Å². The Balaban J connectivity index is 2.11. The Labute approximate surface area is 105 Å². The minimum absolute atomic E-state index is 0.298. The largest absolute Gasteiger partial charge is 0.497 e. The molecule has 1 heterocycles. The van der Waals surface area contributed by atoms with Crippen LogP contribution in [0.1, 0.15) is 16.6 Å². The Bertz CT molecular complexity index is 439. The molecule has 2 rings (SSSR count). The van der Waals surface area contributed by atoms with Crippen LogP contribution in [0.5, 0.6) is 5.75 Å². The van der Waals surface area contributed by atoms with Crippen LogP contribution < -0.4 is 10.1 Å². The van der Waals surface area contributed by atoms with Gasteiger partial charge in [-0.3, -0.25) is 0 Å². The highest BCUT2D eigenvalue weighted by molar-refractivity contribution is 7.09. The number of likely N-dealkylation sites (N-methyl/N-ethyl adjacent to an activating group) is 1. The van der Waals surface area contributed by atoms with Crippen LogP contribution in [0, 0.1) is 0 Å². The number of methoxy groups -OCH3 is 1. The Hall–Kier alpha value is -1.39. The Kier molecular flexibility index (Phi) is 4.12. The molecule has 3 nitrogen and oxygen atoms in total. The first-order valence-corrected chi connectivity index (χ1v) is 6.41. The summed E-state index contributed by atoms with van der Waals surface area (Å²) < 4.78 is 5.16. The summed E-state index contributed by atoms with van der Waals surface area (Å²) in [5, 5.41) is 6.48. The van der Waals surface area contributed by atoms with Gasteiger partial charge in [0.25, 0.3) is 0 Å². The predicted octanol–water partition coefficient (Wildman–Crippen LogP) is 2.65. The second-order valence-electron chi connectivity index (χ2n) is 3.74. The molecule has 17 heavy (non-hydrogen) atoms. The lowest BCUT2D eigenvalue weighted by atomic mass is 10.0. The van der Waals surface area contributed by atoms with Crippen LogP contribution in [-0.4, -0.2) is 19.1 Å². The Morgan fingerprint density at radius 3 is 2.65 bits per heavy atom. The predicted molar refractivity (Wildman–Crippen MR) is 70.6 cm³/mol. The van der Waals surface area contributed by atoms with E-state index in [0.717, 1.165) is 17.2 Å². The van der Waals surface area contributed by atoms with Gasteiger partial charge in [0.1, 0.15) is 5.75 Å². The molecule has 0 saturated carbocycles. The van der Waals surface area contributed by atoms with E-state index in [2.05, 4.69) is 22.4 Å². The average Bonchev–Trinajstić information content (AvgIpc) is 2.89. The van der Waals surface area contributed by atoms with Crippen molar-refractivity contribution in [2.75, 3.05) is 14.2 Å². The molecule has 1 aromatic carbocycles. The van der Waals surface area contributed by atoms with Crippen LogP contribution in [0.4, 0.5) is 0 Å². The lowest BCUT2D eigenvalue weighted by Crippen LogP contribution is -2.18. The van der Waals surface area contributed by atoms with Crippen LogP contribution in [0.2, 0.25) is 0 Å². The molecule has 0 fully saturated rings. The molecule has 0 aliphatic heterocycles. The number of nitrogens with zero attached hydrogens (tertiary/aromatic N) is 1. The summed E-state index contributed by atoms with van der Waals surface area (Å²) in [6.45, 7) is 0. The SMILES string of the molecule is CNC(Cc1nccs1)c1ccc(OC)cc1. The zero-order valence-corrected chi connectivity index (χ0v) is 10.8. The van der Waals surface area contributed by atoms with Gasteiger partial charge in [-0.15, -0.1) is 11.3 Å². The minimum atomic E-state index is 0.298. The fourth-order valence-electron chi connectivity index (χ4n) is 1.75. The van der Waals surface area contributed by atoms with Crippen LogP contribution in [0.25, 0.3) is 0 Å². The van der Waals surface area contributed by atoms with E-state index < -0.39 is 0 Å². The number of hydrogen-bond acceptors (Lipinski definition) is 4. The summed E-state index contributed by atoms with van der Waals surface area (Å²) >= 11 is 1.69. The maximum absolute atomic E-state index is 5.16. The normalized spacial score (nSPS) is 12.4. The highest BCUT2D eigenvalue weighted by atomic mass is 32.1. The fraction of sp³-hybridized carbons (Fsp3) is 0.308. The van der Waals surface area contributed by atoms with E-state index in [9.17, 15) is 0 Å². The maximum Gasteiger partial charge on any atom is 0.118 e. The quantitative estimate of drug-likeness (QED) is 0.883. The monoisotopic (exact) mass is 248 g/mol. The first-order valence-electron chi connectivity index (χ1n) is 5.53. The molecule has 4 heteroatoms. The van der Waals surface area contributed by atoms with Gasteiger partial charge in [-0.25, -0.2) is 4.98 Å². The zero-order chi connectivity index (χ0) is 12.1. The molecule has 1 unspecified atom stereocenters. The van der Waals surface area contributed by atoms with Gasteiger partial charge in [-0.1, -0.05) is 12.1 Å². The van der Waals surface area contributed by atoms with Gasteiger partial charge in [-0.05, 0) is 24.7 Å². The number of aromatic nitrogens is 1. The van der Waals surface area contributed by atoms with Gasteiger partial charge < -0.3 is 10.1 Å². The summed E-state index contributed by atoms with van der Waals surface area (Å²) in [5.74, 6) is 0.887. The molecule has 0 radical (unpaired) electrons. The van der Waals surface area contributed by atoms with E-state index in [4.69, 9.17) is 4.74 Å². The van der Waals surface area contributed by atoms with Crippen LogP contribution in [0.15, 0.2) is 35.8 Å². The van der Waals surface area contributed by atoms with Crippen molar-refractivity contribution in [3.63, 3.8) is 0 Å². The van der Waals surface area contributed by atoms with Crippen LogP contribution in [0.3, 0.4) is 0 Å². The molecular formula is C13H16N2OS. The maximum atomic E-state index is 5.16. The molecule has 0 aliphatic rings. The van der Waals surface area contributed by atoms with Crippen molar-refractivity contribution in [3.05, 3.63) is 46.4 Å². The summed E-state index contributed by atoms with van der Waals surface area (Å²) in [5.41, 5.74) is 1.25. The molecule has 1 aromatic heterocycles. The van der Waals surface area contributed by atoms with Crippen molar-refractivity contribution in [3.8, 4) is 5.75 Å².